The van der Waals surface area contributed by atoms with Gasteiger partial charge in [-0.15, -0.1) is 10.2 Å². The van der Waals surface area contributed by atoms with Crippen LogP contribution in [0, 0.1) is 24.7 Å². The highest BCUT2D eigenvalue weighted by molar-refractivity contribution is 5.88. The van der Waals surface area contributed by atoms with Crippen LogP contribution in [-0.2, 0) is 18.0 Å². The molecule has 3 aromatic rings. The molecular formula is C27H33F3N6O. The maximum absolute atomic E-state index is 14.1. The molecule has 3 fully saturated rings. The lowest BCUT2D eigenvalue weighted by Gasteiger charge is -2.28. The number of likely N-dealkylation sites (tertiary alicyclic amines) is 1. The van der Waals surface area contributed by atoms with Gasteiger partial charge in [0, 0.05) is 63.1 Å². The van der Waals surface area contributed by atoms with Crippen molar-refractivity contribution in [1.29, 1.82) is 0 Å². The number of rotatable bonds is 5. The van der Waals surface area contributed by atoms with Crippen molar-refractivity contribution in [1.82, 2.24) is 24.9 Å². The van der Waals surface area contributed by atoms with Gasteiger partial charge in [0.25, 0.3) is 0 Å². The Morgan fingerprint density at radius 1 is 1.08 bits per heavy atom. The van der Waals surface area contributed by atoms with Crippen LogP contribution in [0.25, 0.3) is 22.2 Å². The predicted molar refractivity (Wildman–Crippen MR) is 135 cm³/mol. The zero-order chi connectivity index (χ0) is 25.7. The van der Waals surface area contributed by atoms with Crippen molar-refractivity contribution in [2.75, 3.05) is 38.2 Å². The summed E-state index contributed by atoms with van der Waals surface area (Å²) in [5.74, 6) is 1.58. The van der Waals surface area contributed by atoms with Gasteiger partial charge < -0.3 is 15.0 Å². The standard InChI is InChI=1S/C27H33F3N6O/c1-16-21(3-4-24-22(16)15-35(2)34-24)25-11-23(27(28,29)30)26(33-32-25)31-20-9-18-13-36(14-19(18)10-20)12-17-5-7-37-8-6-17/h3-4,11,15,17-20H,5-10,12-14H2,1-2H3,(H,31,33)/t18-,19+,20-. The largest absolute Gasteiger partial charge is 0.420 e. The van der Waals surface area contributed by atoms with Gasteiger partial charge in [-0.1, -0.05) is 6.07 Å². The van der Waals surface area contributed by atoms with E-state index in [1.54, 1.807) is 16.8 Å². The second-order valence-corrected chi connectivity index (χ2v) is 11.1. The lowest BCUT2D eigenvalue weighted by molar-refractivity contribution is -0.137. The van der Waals surface area contributed by atoms with Crippen LogP contribution in [0.2, 0.25) is 0 Å². The van der Waals surface area contributed by atoms with Crippen molar-refractivity contribution in [2.45, 2.75) is 44.8 Å². The summed E-state index contributed by atoms with van der Waals surface area (Å²) in [7, 11) is 1.82. The fourth-order valence-electron chi connectivity index (χ4n) is 6.62. The molecule has 198 valence electrons. The molecule has 0 bridgehead atoms. The van der Waals surface area contributed by atoms with Crippen molar-refractivity contribution in [3.8, 4) is 11.3 Å². The van der Waals surface area contributed by atoms with Crippen LogP contribution in [0.1, 0.15) is 36.8 Å². The number of alkyl halides is 3. The summed E-state index contributed by atoms with van der Waals surface area (Å²) < 4.78 is 49.6. The number of halogens is 3. The first-order valence-electron chi connectivity index (χ1n) is 13.2. The number of benzene rings is 1. The first-order chi connectivity index (χ1) is 17.7. The molecule has 2 aliphatic heterocycles. The highest BCUT2D eigenvalue weighted by Crippen LogP contribution is 2.42. The highest BCUT2D eigenvalue weighted by Gasteiger charge is 2.43. The Morgan fingerprint density at radius 2 is 1.81 bits per heavy atom. The molecule has 1 aliphatic carbocycles. The number of aromatic nitrogens is 4. The van der Waals surface area contributed by atoms with E-state index < -0.39 is 11.7 Å². The van der Waals surface area contributed by atoms with Gasteiger partial charge in [-0.05, 0) is 68.1 Å². The van der Waals surface area contributed by atoms with Crippen LogP contribution < -0.4 is 5.32 Å². The van der Waals surface area contributed by atoms with Gasteiger partial charge in [-0.25, -0.2) is 0 Å². The van der Waals surface area contributed by atoms with E-state index in [4.69, 9.17) is 4.74 Å². The van der Waals surface area contributed by atoms with Crippen molar-refractivity contribution in [3.63, 3.8) is 0 Å². The molecule has 0 radical (unpaired) electrons. The summed E-state index contributed by atoms with van der Waals surface area (Å²) in [6.07, 6.45) is 1.32. The average Bonchev–Trinajstić information content (AvgIpc) is 3.52. The predicted octanol–water partition coefficient (Wildman–Crippen LogP) is 4.91. The quantitative estimate of drug-likeness (QED) is 0.522. The Bertz CT molecular complexity index is 1270. The van der Waals surface area contributed by atoms with E-state index in [-0.39, 0.29) is 17.6 Å². The molecule has 7 nitrogen and oxygen atoms in total. The zero-order valence-electron chi connectivity index (χ0n) is 21.3. The number of nitrogens with one attached hydrogen (secondary N) is 1. The number of anilines is 1. The van der Waals surface area contributed by atoms with E-state index in [0.29, 0.717) is 23.3 Å². The third-order valence-corrected chi connectivity index (χ3v) is 8.47. The van der Waals surface area contributed by atoms with E-state index in [1.165, 1.54) is 0 Å². The first kappa shape index (κ1) is 24.6. The molecule has 0 amide bonds. The molecule has 4 heterocycles. The molecule has 10 heteroatoms. The SMILES string of the molecule is Cc1c(-c2cc(C(F)(F)F)c(N[C@@H]3C[C@@H]4CN(CC5CCOCC5)C[C@@H]4C3)nn2)ccc2nn(C)cc12. The summed E-state index contributed by atoms with van der Waals surface area (Å²) in [4.78, 5) is 2.55. The fourth-order valence-corrected chi connectivity index (χ4v) is 6.62. The second kappa shape index (κ2) is 9.54. The summed E-state index contributed by atoms with van der Waals surface area (Å²) >= 11 is 0. The Balaban J connectivity index is 1.17. The van der Waals surface area contributed by atoms with Crippen LogP contribution in [0.4, 0.5) is 19.0 Å². The van der Waals surface area contributed by atoms with E-state index in [9.17, 15) is 13.2 Å². The minimum atomic E-state index is -4.53. The molecule has 3 atom stereocenters. The molecule has 2 aromatic heterocycles. The zero-order valence-corrected chi connectivity index (χ0v) is 21.3. The minimum absolute atomic E-state index is 0.0186. The molecule has 2 saturated heterocycles. The minimum Gasteiger partial charge on any atom is -0.381 e. The molecular weight excluding hydrogens is 481 g/mol. The van der Waals surface area contributed by atoms with Crippen LogP contribution >= 0.6 is 0 Å². The molecule has 0 unspecified atom stereocenters. The van der Waals surface area contributed by atoms with Gasteiger partial charge in [0.05, 0.1) is 11.2 Å². The Hall–Kier alpha value is -2.72. The molecule has 1 aromatic carbocycles. The third-order valence-electron chi connectivity index (χ3n) is 8.47. The van der Waals surface area contributed by atoms with Crippen LogP contribution in [0.15, 0.2) is 24.4 Å². The van der Waals surface area contributed by atoms with Crippen LogP contribution in [-0.4, -0.2) is 63.8 Å². The van der Waals surface area contributed by atoms with Gasteiger partial charge in [-0.2, -0.15) is 18.3 Å². The van der Waals surface area contributed by atoms with Crippen molar-refractivity contribution >= 4 is 16.7 Å². The maximum Gasteiger partial charge on any atom is 0.420 e. The van der Waals surface area contributed by atoms with Gasteiger partial charge in [-0.3, -0.25) is 4.68 Å². The molecule has 3 aliphatic rings. The fraction of sp³-hybridized carbons (Fsp3) is 0.593. The molecule has 1 saturated carbocycles. The molecule has 1 N–H and O–H groups in total. The van der Waals surface area contributed by atoms with E-state index in [2.05, 4.69) is 25.5 Å². The van der Waals surface area contributed by atoms with Crippen molar-refractivity contribution in [2.24, 2.45) is 24.8 Å². The lowest BCUT2D eigenvalue weighted by Crippen LogP contribution is -2.32. The van der Waals surface area contributed by atoms with Gasteiger partial charge >= 0.3 is 6.18 Å². The van der Waals surface area contributed by atoms with Crippen molar-refractivity contribution in [3.05, 3.63) is 35.5 Å². The van der Waals surface area contributed by atoms with Gasteiger partial charge in [0.1, 0.15) is 5.56 Å². The highest BCUT2D eigenvalue weighted by atomic mass is 19.4. The van der Waals surface area contributed by atoms with Crippen LogP contribution in [0.5, 0.6) is 0 Å². The van der Waals surface area contributed by atoms with Gasteiger partial charge in [0.15, 0.2) is 5.82 Å². The van der Waals surface area contributed by atoms with E-state index in [0.717, 1.165) is 81.1 Å². The number of hydrogen-bond donors (Lipinski definition) is 1. The molecule has 6 rings (SSSR count). The number of fused-ring (bicyclic) bond motifs is 2. The first-order valence-corrected chi connectivity index (χ1v) is 13.2. The molecule has 0 spiro atoms. The Kier molecular flexibility index (Phi) is 6.35. The normalized spacial score (nSPS) is 25.2. The average molecular weight is 515 g/mol. The number of nitrogens with zero attached hydrogens (tertiary/aromatic N) is 5. The number of ether oxygens (including phenoxy) is 1. The Morgan fingerprint density at radius 3 is 2.51 bits per heavy atom. The number of hydrogen-bond acceptors (Lipinski definition) is 6. The van der Waals surface area contributed by atoms with Crippen molar-refractivity contribution < 1.29 is 17.9 Å². The maximum atomic E-state index is 14.1. The van der Waals surface area contributed by atoms with Gasteiger partial charge in [0.2, 0.25) is 0 Å². The summed E-state index contributed by atoms with van der Waals surface area (Å²) in [6.45, 7) is 6.78. The monoisotopic (exact) mass is 514 g/mol. The van der Waals surface area contributed by atoms with Crippen LogP contribution in [0.3, 0.4) is 0 Å². The summed E-state index contributed by atoms with van der Waals surface area (Å²) in [5, 5.41) is 16.7. The number of aryl methyl sites for hydroxylation is 2. The van der Waals surface area contributed by atoms with E-state index >= 15 is 0 Å². The third kappa shape index (κ3) is 4.93. The second-order valence-electron chi connectivity index (χ2n) is 11.1. The lowest BCUT2D eigenvalue weighted by atomic mass is 10.00. The molecule has 37 heavy (non-hydrogen) atoms. The topological polar surface area (TPSA) is 68.1 Å². The van der Waals surface area contributed by atoms with E-state index in [1.807, 2.05) is 20.2 Å². The smallest absolute Gasteiger partial charge is 0.381 e. The summed E-state index contributed by atoms with van der Waals surface area (Å²) in [5.41, 5.74) is 1.71. The Labute approximate surface area is 214 Å². The summed E-state index contributed by atoms with van der Waals surface area (Å²) in [6, 6.07) is 4.69.